The molecule has 28 heavy (non-hydrogen) atoms. The summed E-state index contributed by atoms with van der Waals surface area (Å²) in [5.74, 6) is -0.345. The van der Waals surface area contributed by atoms with Crippen LogP contribution in [0.2, 0.25) is 5.02 Å². The number of nitro groups is 1. The molecule has 0 saturated carbocycles. The molecule has 3 rings (SSSR count). The Bertz CT molecular complexity index is 1040. The van der Waals surface area contributed by atoms with E-state index >= 15 is 0 Å². The summed E-state index contributed by atoms with van der Waals surface area (Å²) in [5, 5.41) is 10.9. The van der Waals surface area contributed by atoms with Gasteiger partial charge in [-0.15, -0.1) is 0 Å². The zero-order valence-electron chi connectivity index (χ0n) is 14.7. The lowest BCUT2D eigenvalue weighted by Gasteiger charge is -2.15. The number of hydrogen-bond acceptors (Lipinski definition) is 5. The lowest BCUT2D eigenvalue weighted by molar-refractivity contribution is -0.384. The van der Waals surface area contributed by atoms with Crippen molar-refractivity contribution in [2.45, 2.75) is 17.7 Å². The Kier molecular flexibility index (Phi) is 5.93. The van der Waals surface area contributed by atoms with E-state index in [1.807, 2.05) is 0 Å². The minimum atomic E-state index is -3.53. The van der Waals surface area contributed by atoms with Crippen LogP contribution in [0.15, 0.2) is 53.4 Å². The minimum absolute atomic E-state index is 0.0169. The minimum Gasteiger partial charge on any atom is -0.289 e. The van der Waals surface area contributed by atoms with Crippen LogP contribution in [-0.4, -0.2) is 36.5 Å². The van der Waals surface area contributed by atoms with Gasteiger partial charge in [0.2, 0.25) is 10.0 Å². The number of ketones is 1. The zero-order chi connectivity index (χ0) is 20.3. The first kappa shape index (κ1) is 20.2. The van der Waals surface area contributed by atoms with E-state index in [1.54, 1.807) is 6.07 Å². The van der Waals surface area contributed by atoms with Crippen LogP contribution in [0.3, 0.4) is 0 Å². The first-order valence-corrected chi connectivity index (χ1v) is 10.4. The standard InChI is InChI=1S/C19H17ClN2O5S/c20-17-9-3-14(13-18(17)22(24)25)4-10-19(23)15-5-7-16(8-6-15)28(26,27)21-11-1-2-12-21/h3-10,13H,1-2,11-12H2/b10-4+. The lowest BCUT2D eigenvalue weighted by Crippen LogP contribution is -2.27. The van der Waals surface area contributed by atoms with Crippen molar-refractivity contribution in [2.75, 3.05) is 13.1 Å². The second-order valence-electron chi connectivity index (χ2n) is 6.30. The number of rotatable bonds is 6. The number of carbonyl (C=O) groups is 1. The Balaban J connectivity index is 1.75. The average molecular weight is 421 g/mol. The number of nitro benzene ring substituents is 1. The van der Waals surface area contributed by atoms with Crippen LogP contribution < -0.4 is 0 Å². The highest BCUT2D eigenvalue weighted by atomic mass is 35.5. The molecule has 1 aliphatic heterocycles. The van der Waals surface area contributed by atoms with E-state index in [-0.39, 0.29) is 21.4 Å². The molecule has 2 aromatic rings. The van der Waals surface area contributed by atoms with Gasteiger partial charge in [-0.05, 0) is 54.8 Å². The van der Waals surface area contributed by atoms with Crippen LogP contribution in [0.25, 0.3) is 6.08 Å². The normalized spacial score (nSPS) is 15.2. The molecule has 146 valence electrons. The molecule has 7 nitrogen and oxygen atoms in total. The van der Waals surface area contributed by atoms with E-state index in [9.17, 15) is 23.3 Å². The quantitative estimate of drug-likeness (QED) is 0.305. The summed E-state index contributed by atoms with van der Waals surface area (Å²) >= 11 is 5.76. The molecule has 0 bridgehead atoms. The molecule has 1 aliphatic rings. The van der Waals surface area contributed by atoms with Gasteiger partial charge in [-0.2, -0.15) is 4.31 Å². The molecule has 0 unspecified atom stereocenters. The van der Waals surface area contributed by atoms with Crippen LogP contribution in [0, 0.1) is 10.1 Å². The maximum absolute atomic E-state index is 12.5. The summed E-state index contributed by atoms with van der Waals surface area (Å²) in [4.78, 5) is 22.8. The lowest BCUT2D eigenvalue weighted by atomic mass is 10.1. The van der Waals surface area contributed by atoms with E-state index in [0.717, 1.165) is 12.8 Å². The fraction of sp³-hybridized carbons (Fsp3) is 0.211. The van der Waals surface area contributed by atoms with Gasteiger partial charge in [-0.1, -0.05) is 23.7 Å². The van der Waals surface area contributed by atoms with Crippen molar-refractivity contribution < 1.29 is 18.1 Å². The van der Waals surface area contributed by atoms with Gasteiger partial charge in [0, 0.05) is 24.7 Å². The maximum atomic E-state index is 12.5. The van der Waals surface area contributed by atoms with Crippen molar-refractivity contribution >= 4 is 39.2 Å². The Hall–Kier alpha value is -2.55. The number of benzene rings is 2. The highest BCUT2D eigenvalue weighted by Gasteiger charge is 2.27. The SMILES string of the molecule is O=C(/C=C/c1ccc(Cl)c([N+](=O)[O-])c1)c1ccc(S(=O)(=O)N2CCCC2)cc1. The van der Waals surface area contributed by atoms with Crippen LogP contribution in [-0.2, 0) is 10.0 Å². The fourth-order valence-corrected chi connectivity index (χ4v) is 4.61. The topological polar surface area (TPSA) is 97.6 Å². The van der Waals surface area contributed by atoms with Crippen LogP contribution in [0.4, 0.5) is 5.69 Å². The number of carbonyl (C=O) groups excluding carboxylic acids is 1. The third-order valence-corrected chi connectivity index (χ3v) is 6.67. The van der Waals surface area contributed by atoms with Crippen molar-refractivity contribution in [3.05, 3.63) is 74.8 Å². The summed E-state index contributed by atoms with van der Waals surface area (Å²) in [7, 11) is -3.53. The van der Waals surface area contributed by atoms with Crippen molar-refractivity contribution in [2.24, 2.45) is 0 Å². The monoisotopic (exact) mass is 420 g/mol. The molecule has 9 heteroatoms. The molecule has 0 N–H and O–H groups in total. The molecule has 1 heterocycles. The average Bonchev–Trinajstić information content (AvgIpc) is 3.22. The van der Waals surface area contributed by atoms with E-state index < -0.39 is 14.9 Å². The van der Waals surface area contributed by atoms with Gasteiger partial charge in [-0.25, -0.2) is 8.42 Å². The molecular formula is C19H17ClN2O5S. The van der Waals surface area contributed by atoms with Crippen LogP contribution >= 0.6 is 11.6 Å². The summed E-state index contributed by atoms with van der Waals surface area (Å²) in [6.45, 7) is 1.03. The maximum Gasteiger partial charge on any atom is 0.288 e. The first-order valence-electron chi connectivity index (χ1n) is 8.55. The molecule has 0 amide bonds. The van der Waals surface area contributed by atoms with E-state index in [4.69, 9.17) is 11.6 Å². The van der Waals surface area contributed by atoms with Crippen molar-refractivity contribution in [1.82, 2.24) is 4.31 Å². The number of hydrogen-bond donors (Lipinski definition) is 0. The molecule has 1 fully saturated rings. The Labute approximate surface area is 167 Å². The van der Waals surface area contributed by atoms with Gasteiger partial charge < -0.3 is 0 Å². The predicted octanol–water partition coefficient (Wildman–Crippen LogP) is 3.93. The molecule has 0 radical (unpaired) electrons. The number of allylic oxidation sites excluding steroid dienone is 1. The van der Waals surface area contributed by atoms with Crippen molar-refractivity contribution in [1.29, 1.82) is 0 Å². The second kappa shape index (κ2) is 8.22. The smallest absolute Gasteiger partial charge is 0.288 e. The molecule has 0 spiro atoms. The summed E-state index contributed by atoms with van der Waals surface area (Å²) in [6, 6.07) is 9.98. The molecular weight excluding hydrogens is 404 g/mol. The van der Waals surface area contributed by atoms with Crippen LogP contribution in [0.1, 0.15) is 28.8 Å². The number of halogens is 1. The van der Waals surface area contributed by atoms with Crippen LogP contribution in [0.5, 0.6) is 0 Å². The van der Waals surface area contributed by atoms with Gasteiger partial charge in [0.05, 0.1) is 9.82 Å². The van der Waals surface area contributed by atoms with Crippen molar-refractivity contribution in [3.63, 3.8) is 0 Å². The largest absolute Gasteiger partial charge is 0.289 e. The van der Waals surface area contributed by atoms with E-state index in [0.29, 0.717) is 24.2 Å². The molecule has 0 atom stereocenters. The zero-order valence-corrected chi connectivity index (χ0v) is 16.3. The summed E-state index contributed by atoms with van der Waals surface area (Å²) in [5.41, 5.74) is 0.533. The van der Waals surface area contributed by atoms with Gasteiger partial charge in [0.1, 0.15) is 5.02 Å². The highest BCUT2D eigenvalue weighted by molar-refractivity contribution is 7.89. The van der Waals surface area contributed by atoms with Gasteiger partial charge >= 0.3 is 0 Å². The molecule has 0 aliphatic carbocycles. The van der Waals surface area contributed by atoms with Gasteiger partial charge in [-0.3, -0.25) is 14.9 Å². The summed E-state index contributed by atoms with van der Waals surface area (Å²) in [6.07, 6.45) is 4.42. The number of nitrogens with zero attached hydrogens (tertiary/aromatic N) is 2. The molecule has 1 saturated heterocycles. The highest BCUT2D eigenvalue weighted by Crippen LogP contribution is 2.26. The fourth-order valence-electron chi connectivity index (χ4n) is 2.91. The van der Waals surface area contributed by atoms with Gasteiger partial charge in [0.15, 0.2) is 5.78 Å². The van der Waals surface area contributed by atoms with E-state index in [2.05, 4.69) is 0 Å². The molecule has 2 aromatic carbocycles. The Morgan fingerprint density at radius 3 is 2.36 bits per heavy atom. The Morgan fingerprint density at radius 1 is 1.11 bits per heavy atom. The first-order chi connectivity index (χ1) is 13.3. The van der Waals surface area contributed by atoms with E-state index in [1.165, 1.54) is 52.9 Å². The number of sulfonamides is 1. The second-order valence-corrected chi connectivity index (χ2v) is 8.65. The molecule has 0 aromatic heterocycles. The predicted molar refractivity (Wildman–Crippen MR) is 106 cm³/mol. The third kappa shape index (κ3) is 4.30. The summed E-state index contributed by atoms with van der Waals surface area (Å²) < 4.78 is 26.4. The van der Waals surface area contributed by atoms with Gasteiger partial charge in [0.25, 0.3) is 5.69 Å². The van der Waals surface area contributed by atoms with Crippen molar-refractivity contribution in [3.8, 4) is 0 Å². The third-order valence-electron chi connectivity index (χ3n) is 4.44. The Morgan fingerprint density at radius 2 is 1.75 bits per heavy atom.